The third-order valence-electron chi connectivity index (χ3n) is 5.72. The number of hydrogen-bond acceptors (Lipinski definition) is 6. The predicted octanol–water partition coefficient (Wildman–Crippen LogP) is 4.83. The maximum absolute atomic E-state index is 14.9. The summed E-state index contributed by atoms with van der Waals surface area (Å²) in [5, 5.41) is 0.730. The number of fused-ring (bicyclic) bond motifs is 1. The summed E-state index contributed by atoms with van der Waals surface area (Å²) in [6.07, 6.45) is 3.43. The van der Waals surface area contributed by atoms with Crippen molar-refractivity contribution in [3.8, 4) is 16.9 Å². The highest BCUT2D eigenvalue weighted by molar-refractivity contribution is 7.90. The van der Waals surface area contributed by atoms with Gasteiger partial charge in [-0.05, 0) is 38.1 Å². The molecule has 4 rings (SSSR count). The number of likely N-dealkylation sites (tertiary alicyclic amines) is 1. The molecule has 1 amide bonds. The molecule has 2 heterocycles. The molecule has 3 aromatic rings. The number of amides is 1. The Morgan fingerprint density at radius 2 is 1.85 bits per heavy atom. The minimum Gasteiger partial charge on any atom is -0.490 e. The maximum atomic E-state index is 14.9. The number of benzene rings is 2. The molecule has 0 atom stereocenters. The third-order valence-corrected chi connectivity index (χ3v) is 6.83. The number of nitrogens with zero attached hydrogens (tertiary/aromatic N) is 2. The third kappa shape index (κ3) is 5.14. The van der Waals surface area contributed by atoms with Gasteiger partial charge in [-0.25, -0.2) is 17.6 Å². The fourth-order valence-electron chi connectivity index (χ4n) is 4.03. The molecule has 1 saturated heterocycles. The molecule has 34 heavy (non-hydrogen) atoms. The van der Waals surface area contributed by atoms with Crippen LogP contribution in [0.4, 0.5) is 9.18 Å². The molecule has 1 aliphatic rings. The van der Waals surface area contributed by atoms with E-state index in [0.29, 0.717) is 42.8 Å². The first kappa shape index (κ1) is 23.9. The van der Waals surface area contributed by atoms with Gasteiger partial charge in [0.25, 0.3) is 0 Å². The average molecular weight is 487 g/mol. The number of halogens is 1. The number of carbonyl (C=O) groups excluding carboxylic acids is 1. The summed E-state index contributed by atoms with van der Waals surface area (Å²) < 4.78 is 49.9. The highest BCUT2D eigenvalue weighted by Crippen LogP contribution is 2.35. The number of piperidine rings is 1. The van der Waals surface area contributed by atoms with Crippen LogP contribution in [-0.4, -0.2) is 55.9 Å². The van der Waals surface area contributed by atoms with Gasteiger partial charge in [-0.2, -0.15) is 0 Å². The van der Waals surface area contributed by atoms with Crippen LogP contribution in [0.3, 0.4) is 0 Å². The lowest BCUT2D eigenvalue weighted by atomic mass is 10.0. The zero-order chi connectivity index (χ0) is 24.5. The SMILES string of the molecule is CC(C)OC(=O)N1CCC(Oc2ccnc3c(-c4ccc(S(C)(=O)=O)cc4F)cccc23)CC1. The van der Waals surface area contributed by atoms with Gasteiger partial charge in [0.1, 0.15) is 17.7 Å². The van der Waals surface area contributed by atoms with Crippen molar-refractivity contribution in [1.29, 1.82) is 0 Å². The molecule has 0 bridgehead atoms. The van der Waals surface area contributed by atoms with Crippen molar-refractivity contribution in [3.05, 3.63) is 54.5 Å². The van der Waals surface area contributed by atoms with E-state index in [2.05, 4.69) is 4.98 Å². The standard InChI is InChI=1S/C25H27FN2O5S/c1-16(2)32-25(29)28-13-10-17(11-14-28)33-23-9-12-27-24-20(5-4-6-21(23)24)19-8-7-18(15-22(19)26)34(3,30)31/h4-9,12,15-17H,10-11,13-14H2,1-3H3. The van der Waals surface area contributed by atoms with Crippen molar-refractivity contribution < 1.29 is 27.1 Å². The molecule has 180 valence electrons. The van der Waals surface area contributed by atoms with Crippen LogP contribution in [0, 0.1) is 5.82 Å². The molecule has 9 heteroatoms. The number of aromatic nitrogens is 1. The smallest absolute Gasteiger partial charge is 0.410 e. The Kier molecular flexibility index (Phi) is 6.74. The van der Waals surface area contributed by atoms with Crippen molar-refractivity contribution in [2.75, 3.05) is 19.3 Å². The quantitative estimate of drug-likeness (QED) is 0.513. The number of sulfone groups is 1. The van der Waals surface area contributed by atoms with Gasteiger partial charge in [-0.1, -0.05) is 18.2 Å². The van der Waals surface area contributed by atoms with Gasteiger partial charge in [0.2, 0.25) is 0 Å². The maximum Gasteiger partial charge on any atom is 0.410 e. The molecule has 1 aliphatic heterocycles. The Labute approximate surface area is 198 Å². The van der Waals surface area contributed by atoms with Gasteiger partial charge in [-0.15, -0.1) is 0 Å². The van der Waals surface area contributed by atoms with Crippen LogP contribution in [0.2, 0.25) is 0 Å². The van der Waals surface area contributed by atoms with Crippen molar-refractivity contribution >= 4 is 26.8 Å². The molecule has 7 nitrogen and oxygen atoms in total. The minimum absolute atomic E-state index is 0.0745. The Bertz CT molecular complexity index is 1320. The summed E-state index contributed by atoms with van der Waals surface area (Å²) in [5.41, 5.74) is 1.37. The molecule has 0 N–H and O–H groups in total. The fraction of sp³-hybridized carbons (Fsp3) is 0.360. The van der Waals surface area contributed by atoms with E-state index in [1.54, 1.807) is 29.3 Å². The second-order valence-corrected chi connectivity index (χ2v) is 10.7. The number of carbonyl (C=O) groups is 1. The molecule has 0 saturated carbocycles. The van der Waals surface area contributed by atoms with Crippen molar-refractivity contribution in [3.63, 3.8) is 0 Å². The lowest BCUT2D eigenvalue weighted by Crippen LogP contribution is -2.42. The van der Waals surface area contributed by atoms with E-state index >= 15 is 0 Å². The van der Waals surface area contributed by atoms with Crippen LogP contribution in [0.5, 0.6) is 5.75 Å². The van der Waals surface area contributed by atoms with E-state index in [4.69, 9.17) is 9.47 Å². The molecule has 1 aromatic heterocycles. The normalized spacial score (nSPS) is 15.0. The number of hydrogen-bond donors (Lipinski definition) is 0. The topological polar surface area (TPSA) is 85.8 Å². The molecular weight excluding hydrogens is 459 g/mol. The largest absolute Gasteiger partial charge is 0.490 e. The van der Waals surface area contributed by atoms with Crippen LogP contribution in [0.15, 0.2) is 53.6 Å². The van der Waals surface area contributed by atoms with Crippen molar-refractivity contribution in [2.24, 2.45) is 0 Å². The Balaban J connectivity index is 1.57. The van der Waals surface area contributed by atoms with Gasteiger partial charge in [0.15, 0.2) is 9.84 Å². The van der Waals surface area contributed by atoms with E-state index in [-0.39, 0.29) is 28.8 Å². The van der Waals surface area contributed by atoms with Gasteiger partial charge >= 0.3 is 6.09 Å². The van der Waals surface area contributed by atoms with Crippen LogP contribution >= 0.6 is 0 Å². The van der Waals surface area contributed by atoms with E-state index in [0.717, 1.165) is 17.7 Å². The molecule has 0 radical (unpaired) electrons. The number of pyridine rings is 1. The van der Waals surface area contributed by atoms with E-state index in [1.165, 1.54) is 12.1 Å². The summed E-state index contributed by atoms with van der Waals surface area (Å²) in [4.78, 5) is 18.2. The van der Waals surface area contributed by atoms with Crippen LogP contribution in [0.25, 0.3) is 22.0 Å². The zero-order valence-electron chi connectivity index (χ0n) is 19.3. The molecule has 0 spiro atoms. The van der Waals surface area contributed by atoms with Crippen LogP contribution in [-0.2, 0) is 14.6 Å². The van der Waals surface area contributed by atoms with Crippen molar-refractivity contribution in [1.82, 2.24) is 9.88 Å². The molecule has 0 unspecified atom stereocenters. The summed E-state index contributed by atoms with van der Waals surface area (Å²) >= 11 is 0. The van der Waals surface area contributed by atoms with Gasteiger partial charge in [-0.3, -0.25) is 4.98 Å². The summed E-state index contributed by atoms with van der Waals surface area (Å²) in [6.45, 7) is 4.73. The van der Waals surface area contributed by atoms with Crippen LogP contribution < -0.4 is 4.74 Å². The lowest BCUT2D eigenvalue weighted by Gasteiger charge is -2.32. The first-order valence-electron chi connectivity index (χ1n) is 11.1. The summed E-state index contributed by atoms with van der Waals surface area (Å²) in [6, 6.07) is 11.1. The minimum atomic E-state index is -3.51. The predicted molar refractivity (Wildman–Crippen MR) is 127 cm³/mol. The fourth-order valence-corrected chi connectivity index (χ4v) is 4.66. The van der Waals surface area contributed by atoms with Crippen LogP contribution in [0.1, 0.15) is 26.7 Å². The van der Waals surface area contributed by atoms with Crippen molar-refractivity contribution in [2.45, 2.75) is 43.8 Å². The van der Waals surface area contributed by atoms with Gasteiger partial charge in [0.05, 0.1) is 16.5 Å². The first-order chi connectivity index (χ1) is 16.1. The van der Waals surface area contributed by atoms with E-state index in [1.807, 2.05) is 19.9 Å². The average Bonchev–Trinajstić information content (AvgIpc) is 2.78. The second kappa shape index (κ2) is 9.58. The molecule has 0 aliphatic carbocycles. The Morgan fingerprint density at radius 1 is 1.12 bits per heavy atom. The second-order valence-electron chi connectivity index (χ2n) is 8.66. The monoisotopic (exact) mass is 486 g/mol. The van der Waals surface area contributed by atoms with Gasteiger partial charge in [0, 0.05) is 54.9 Å². The Hall–Kier alpha value is -3.20. The lowest BCUT2D eigenvalue weighted by molar-refractivity contribution is 0.0520. The van der Waals surface area contributed by atoms with Gasteiger partial charge < -0.3 is 14.4 Å². The summed E-state index contributed by atoms with van der Waals surface area (Å²) in [7, 11) is -3.51. The Morgan fingerprint density at radius 3 is 2.50 bits per heavy atom. The highest BCUT2D eigenvalue weighted by atomic mass is 32.2. The number of ether oxygens (including phenoxy) is 2. The number of para-hydroxylation sites is 1. The highest BCUT2D eigenvalue weighted by Gasteiger charge is 2.26. The zero-order valence-corrected chi connectivity index (χ0v) is 20.1. The molecule has 1 fully saturated rings. The molecular formula is C25H27FN2O5S. The number of rotatable bonds is 5. The first-order valence-corrected chi connectivity index (χ1v) is 13.0. The van der Waals surface area contributed by atoms with E-state index < -0.39 is 15.7 Å². The van der Waals surface area contributed by atoms with E-state index in [9.17, 15) is 17.6 Å². The molecule has 2 aromatic carbocycles. The summed E-state index contributed by atoms with van der Waals surface area (Å²) in [5.74, 6) is -0.00702.